The zero-order valence-electron chi connectivity index (χ0n) is 24.1. The van der Waals surface area contributed by atoms with Crippen LogP contribution in [0.3, 0.4) is 0 Å². The maximum atomic E-state index is 13.3. The minimum absolute atomic E-state index is 0.0237. The zero-order chi connectivity index (χ0) is 29.4. The maximum absolute atomic E-state index is 13.3. The SMILES string of the molecule is C=CCOC(=O)N1C[C@@H](SC2=C(C(=O)O)N3C(=O)[C@@H]([C@H](CC)O[Si](C)(C)C(C)(C)C)[C@H]3S2)C[C@H]1C(=O)N(C)C. The molecule has 10 nitrogen and oxygen atoms in total. The number of carboxylic acids is 1. The van der Waals surface area contributed by atoms with Gasteiger partial charge < -0.3 is 19.2 Å². The summed E-state index contributed by atoms with van der Waals surface area (Å²) in [6.07, 6.45) is 1.54. The van der Waals surface area contributed by atoms with E-state index in [2.05, 4.69) is 40.4 Å². The minimum atomic E-state index is -2.16. The van der Waals surface area contributed by atoms with Gasteiger partial charge in [-0.25, -0.2) is 9.59 Å². The first kappa shape index (κ1) is 31.6. The molecule has 13 heteroatoms. The van der Waals surface area contributed by atoms with Crippen molar-refractivity contribution in [2.75, 3.05) is 27.2 Å². The highest BCUT2D eigenvalue weighted by molar-refractivity contribution is 8.23. The summed E-state index contributed by atoms with van der Waals surface area (Å²) in [6, 6.07) is -0.719. The molecule has 0 aliphatic carbocycles. The lowest BCUT2D eigenvalue weighted by Crippen LogP contribution is -2.63. The number of carbonyl (C=O) groups excluding carboxylic acids is 3. The molecule has 1 N–H and O–H groups in total. The lowest BCUT2D eigenvalue weighted by Gasteiger charge is -2.48. The van der Waals surface area contributed by atoms with Crippen molar-refractivity contribution in [2.45, 2.75) is 81.4 Å². The van der Waals surface area contributed by atoms with E-state index in [1.807, 2.05) is 6.92 Å². The van der Waals surface area contributed by atoms with Gasteiger partial charge in [-0.2, -0.15) is 0 Å². The van der Waals surface area contributed by atoms with Crippen LogP contribution in [0.2, 0.25) is 18.1 Å². The molecule has 3 rings (SSSR count). The third-order valence-corrected chi connectivity index (χ3v) is 15.1. The number of likely N-dealkylation sites (N-methyl/N-ethyl adjacent to an activating group) is 1. The van der Waals surface area contributed by atoms with Crippen LogP contribution in [-0.4, -0.2) is 102 Å². The van der Waals surface area contributed by atoms with Gasteiger partial charge in [-0.05, 0) is 31.0 Å². The highest BCUT2D eigenvalue weighted by Gasteiger charge is 2.60. The number of carbonyl (C=O) groups is 4. The molecule has 0 aromatic rings. The van der Waals surface area contributed by atoms with E-state index in [-0.39, 0.29) is 52.4 Å². The van der Waals surface area contributed by atoms with Gasteiger partial charge in [0.2, 0.25) is 11.8 Å². The molecule has 3 amide bonds. The van der Waals surface area contributed by atoms with E-state index in [4.69, 9.17) is 9.16 Å². The summed E-state index contributed by atoms with van der Waals surface area (Å²) in [5.41, 5.74) is -0.0263. The normalized spacial score (nSPS) is 25.8. The van der Waals surface area contributed by atoms with Gasteiger partial charge >= 0.3 is 12.1 Å². The number of β-lactam (4-membered cyclic amide) rings is 1. The fourth-order valence-electron chi connectivity index (χ4n) is 4.68. The summed E-state index contributed by atoms with van der Waals surface area (Å²) in [5.74, 6) is -2.06. The molecule has 0 saturated carbocycles. The maximum Gasteiger partial charge on any atom is 0.410 e. The van der Waals surface area contributed by atoms with Crippen molar-refractivity contribution >= 4 is 55.7 Å². The largest absolute Gasteiger partial charge is 0.477 e. The lowest BCUT2D eigenvalue weighted by molar-refractivity contribution is -0.156. The van der Waals surface area contributed by atoms with Crippen molar-refractivity contribution < 1.29 is 33.4 Å². The quantitative estimate of drug-likeness (QED) is 0.224. The van der Waals surface area contributed by atoms with Crippen LogP contribution in [0.15, 0.2) is 22.6 Å². The number of carboxylic acid groups (broad SMARTS) is 1. The Morgan fingerprint density at radius 2 is 1.95 bits per heavy atom. The molecule has 0 aromatic carbocycles. The van der Waals surface area contributed by atoms with E-state index in [9.17, 15) is 24.3 Å². The Labute approximate surface area is 240 Å². The summed E-state index contributed by atoms with van der Waals surface area (Å²) >= 11 is 2.68. The van der Waals surface area contributed by atoms with Gasteiger partial charge in [-0.1, -0.05) is 52.1 Å². The molecule has 0 radical (unpaired) electrons. The predicted octanol–water partition coefficient (Wildman–Crippen LogP) is 4.16. The number of hydrogen-bond donors (Lipinski definition) is 1. The molecule has 0 spiro atoms. The molecule has 2 fully saturated rings. The van der Waals surface area contributed by atoms with E-state index in [0.717, 1.165) is 0 Å². The Bertz CT molecular complexity index is 1060. The molecule has 39 heavy (non-hydrogen) atoms. The fourth-order valence-corrected chi connectivity index (χ4v) is 9.41. The first-order valence-electron chi connectivity index (χ1n) is 13.1. The first-order chi connectivity index (χ1) is 18.0. The number of thioether (sulfide) groups is 2. The van der Waals surface area contributed by atoms with Crippen LogP contribution in [0.4, 0.5) is 4.79 Å². The summed E-state index contributed by atoms with van der Waals surface area (Å²) < 4.78 is 12.4. The molecular formula is C26H41N3O7S2Si. The van der Waals surface area contributed by atoms with Gasteiger partial charge in [0.1, 0.15) is 18.0 Å². The van der Waals surface area contributed by atoms with E-state index < -0.39 is 32.3 Å². The fraction of sp³-hybridized carbons (Fsp3) is 0.692. The van der Waals surface area contributed by atoms with Crippen LogP contribution in [0.5, 0.6) is 0 Å². The second kappa shape index (κ2) is 11.9. The number of aliphatic carboxylic acids is 1. The highest BCUT2D eigenvalue weighted by atomic mass is 32.2. The number of likely N-dealkylation sites (tertiary alicyclic amines) is 1. The predicted molar refractivity (Wildman–Crippen MR) is 155 cm³/mol. The Morgan fingerprint density at radius 3 is 2.46 bits per heavy atom. The van der Waals surface area contributed by atoms with Crippen LogP contribution >= 0.6 is 23.5 Å². The highest BCUT2D eigenvalue weighted by Crippen LogP contribution is 2.56. The third-order valence-electron chi connectivity index (χ3n) is 7.83. The molecule has 2 saturated heterocycles. The van der Waals surface area contributed by atoms with E-state index in [0.29, 0.717) is 17.1 Å². The summed E-state index contributed by atoms with van der Waals surface area (Å²) in [4.78, 5) is 55.4. The Kier molecular flexibility index (Phi) is 9.61. The molecule has 218 valence electrons. The van der Waals surface area contributed by atoms with Crippen molar-refractivity contribution in [1.29, 1.82) is 0 Å². The average Bonchev–Trinajstić information content (AvgIpc) is 3.40. The van der Waals surface area contributed by atoms with Crippen LogP contribution < -0.4 is 0 Å². The molecule has 0 bridgehead atoms. The minimum Gasteiger partial charge on any atom is -0.477 e. The lowest BCUT2D eigenvalue weighted by atomic mass is 9.90. The van der Waals surface area contributed by atoms with Gasteiger partial charge in [0, 0.05) is 25.9 Å². The second-order valence-electron chi connectivity index (χ2n) is 11.8. The average molecular weight is 600 g/mol. The third kappa shape index (κ3) is 6.20. The summed E-state index contributed by atoms with van der Waals surface area (Å²) in [6.45, 7) is 16.5. The van der Waals surface area contributed by atoms with Gasteiger partial charge in [-0.15, -0.1) is 11.8 Å². The van der Waals surface area contributed by atoms with Crippen molar-refractivity contribution in [3.63, 3.8) is 0 Å². The summed E-state index contributed by atoms with van der Waals surface area (Å²) in [5, 5.41) is 9.44. The first-order valence-corrected chi connectivity index (χ1v) is 17.8. The molecule has 5 atom stereocenters. The van der Waals surface area contributed by atoms with Gasteiger partial charge in [0.15, 0.2) is 14.0 Å². The van der Waals surface area contributed by atoms with Crippen LogP contribution in [0.25, 0.3) is 0 Å². The Hall–Kier alpha value is -1.96. The molecule has 0 aromatic heterocycles. The van der Waals surface area contributed by atoms with E-state index >= 15 is 0 Å². The second-order valence-corrected chi connectivity index (χ2v) is 19.2. The van der Waals surface area contributed by atoms with E-state index in [1.165, 1.54) is 44.3 Å². The molecule has 3 aliphatic heterocycles. The van der Waals surface area contributed by atoms with Crippen molar-refractivity contribution in [2.24, 2.45) is 5.92 Å². The smallest absolute Gasteiger partial charge is 0.410 e. The van der Waals surface area contributed by atoms with Crippen LogP contribution in [-0.2, 0) is 23.5 Å². The molecule has 3 aliphatic rings. The Morgan fingerprint density at radius 1 is 1.31 bits per heavy atom. The van der Waals surface area contributed by atoms with Crippen LogP contribution in [0, 0.1) is 5.92 Å². The number of hydrogen-bond acceptors (Lipinski definition) is 8. The van der Waals surface area contributed by atoms with Crippen molar-refractivity contribution in [1.82, 2.24) is 14.7 Å². The molecular weight excluding hydrogens is 559 g/mol. The number of rotatable bonds is 10. The molecule has 3 heterocycles. The monoisotopic (exact) mass is 599 g/mol. The zero-order valence-corrected chi connectivity index (χ0v) is 26.7. The van der Waals surface area contributed by atoms with Crippen molar-refractivity contribution in [3.05, 3.63) is 22.6 Å². The van der Waals surface area contributed by atoms with Crippen LogP contribution in [0.1, 0.15) is 40.5 Å². The number of ether oxygens (including phenoxy) is 1. The van der Waals surface area contributed by atoms with Crippen molar-refractivity contribution in [3.8, 4) is 0 Å². The van der Waals surface area contributed by atoms with E-state index in [1.54, 1.807) is 14.1 Å². The topological polar surface area (TPSA) is 117 Å². The van der Waals surface area contributed by atoms with Gasteiger partial charge in [-0.3, -0.25) is 19.4 Å². The number of nitrogens with zero attached hydrogens (tertiary/aromatic N) is 3. The summed E-state index contributed by atoms with van der Waals surface area (Å²) in [7, 11) is 1.10. The number of fused-ring (bicyclic) bond motifs is 1. The molecule has 0 unspecified atom stereocenters. The Balaban J connectivity index is 1.80. The standard InChI is InChI=1S/C26H41N3O7S2Si/c1-10-12-35-25(34)28-14-15(13-16(28)20(30)27(6)7)37-24-19(23(32)33)29-21(31)18(22(29)38-24)17(11-2)36-39(8,9)26(3,4)5/h10,15-18,22H,1,11-14H2,2-9H3,(H,32,33)/t15-,16-,17-,18+,22+/m0/s1. The number of amides is 3. The van der Waals surface area contributed by atoms with Gasteiger partial charge in [0.25, 0.3) is 0 Å². The van der Waals surface area contributed by atoms with Gasteiger partial charge in [0.05, 0.1) is 16.3 Å².